The maximum Gasteiger partial charge on any atom is 0.315 e. The van der Waals surface area contributed by atoms with Crippen LogP contribution in [-0.2, 0) is 10.2 Å². The van der Waals surface area contributed by atoms with Crippen molar-refractivity contribution < 1.29 is 9.90 Å². The van der Waals surface area contributed by atoms with Gasteiger partial charge in [-0.15, -0.1) is 11.3 Å². The normalized spacial score (nSPS) is 20.1. The van der Waals surface area contributed by atoms with E-state index < -0.39 is 11.4 Å². The Labute approximate surface area is 97.1 Å². The molecule has 1 saturated carbocycles. The van der Waals surface area contributed by atoms with E-state index in [9.17, 15) is 9.90 Å². The van der Waals surface area contributed by atoms with Crippen molar-refractivity contribution in [3.05, 3.63) is 15.5 Å². The van der Waals surface area contributed by atoms with E-state index in [0.29, 0.717) is 17.3 Å². The number of nitrogens with zero attached hydrogens (tertiary/aromatic N) is 1. The molecule has 2 rings (SSSR count). The second-order valence-corrected chi connectivity index (χ2v) is 5.54. The quantitative estimate of drug-likeness (QED) is 0.871. The van der Waals surface area contributed by atoms with Gasteiger partial charge < -0.3 is 5.11 Å². The molecule has 5 heteroatoms. The Morgan fingerprint density at radius 1 is 1.47 bits per heavy atom. The second kappa shape index (κ2) is 4.10. The summed E-state index contributed by atoms with van der Waals surface area (Å²) in [7, 11) is 0. The molecule has 0 saturated heterocycles. The lowest BCUT2D eigenvalue weighted by Crippen LogP contribution is -2.37. The maximum absolute atomic E-state index is 11.4. The summed E-state index contributed by atoms with van der Waals surface area (Å²) < 4.78 is 0.427. The van der Waals surface area contributed by atoms with Gasteiger partial charge in [-0.05, 0) is 12.8 Å². The van der Waals surface area contributed by atoms with Crippen molar-refractivity contribution in [3.8, 4) is 0 Å². The number of carbonyl (C=O) groups is 1. The summed E-state index contributed by atoms with van der Waals surface area (Å²) in [5, 5.41) is 9.39. The monoisotopic (exact) mass is 245 g/mol. The molecule has 0 atom stereocenters. The van der Waals surface area contributed by atoms with Gasteiger partial charge in [0.05, 0.1) is 0 Å². The Morgan fingerprint density at radius 2 is 2.13 bits per heavy atom. The van der Waals surface area contributed by atoms with Crippen LogP contribution in [0.15, 0.2) is 6.20 Å². The van der Waals surface area contributed by atoms with Crippen LogP contribution in [0, 0.1) is 0 Å². The predicted octanol–water partition coefficient (Wildman–Crippen LogP) is 3.08. The highest BCUT2D eigenvalue weighted by Gasteiger charge is 2.42. The van der Waals surface area contributed by atoms with Crippen LogP contribution in [0.1, 0.15) is 37.0 Å². The molecule has 1 aliphatic carbocycles. The van der Waals surface area contributed by atoms with Gasteiger partial charge in [0.1, 0.15) is 5.41 Å². The van der Waals surface area contributed by atoms with E-state index in [1.54, 1.807) is 6.20 Å². The molecule has 82 valence electrons. The highest BCUT2D eigenvalue weighted by molar-refractivity contribution is 7.16. The zero-order valence-electron chi connectivity index (χ0n) is 8.20. The minimum atomic E-state index is -0.734. The van der Waals surface area contributed by atoms with Gasteiger partial charge in [-0.1, -0.05) is 30.9 Å². The van der Waals surface area contributed by atoms with Crippen molar-refractivity contribution in [2.24, 2.45) is 0 Å². The maximum atomic E-state index is 11.4. The van der Waals surface area contributed by atoms with Gasteiger partial charge in [0.25, 0.3) is 0 Å². The summed E-state index contributed by atoms with van der Waals surface area (Å²) in [5.74, 6) is -0.734. The molecule has 0 aromatic carbocycles. The highest BCUT2D eigenvalue weighted by Crippen LogP contribution is 2.42. The Balaban J connectivity index is 2.37. The molecular formula is C10H12ClNO2S. The third-order valence-electron chi connectivity index (χ3n) is 3.07. The summed E-state index contributed by atoms with van der Waals surface area (Å²) in [6.45, 7) is 0. The van der Waals surface area contributed by atoms with Crippen molar-refractivity contribution in [3.63, 3.8) is 0 Å². The molecule has 1 aliphatic rings. The molecule has 0 aliphatic heterocycles. The lowest BCUT2D eigenvalue weighted by molar-refractivity contribution is -0.145. The van der Waals surface area contributed by atoms with E-state index in [4.69, 9.17) is 11.6 Å². The molecule has 1 heterocycles. The fourth-order valence-corrected chi connectivity index (χ4v) is 3.37. The fourth-order valence-electron chi connectivity index (χ4n) is 2.20. The van der Waals surface area contributed by atoms with Crippen LogP contribution in [-0.4, -0.2) is 16.1 Å². The lowest BCUT2D eigenvalue weighted by Gasteiger charge is -2.31. The number of aliphatic carboxylic acids is 1. The zero-order valence-corrected chi connectivity index (χ0v) is 9.77. The molecule has 3 nitrogen and oxygen atoms in total. The minimum absolute atomic E-state index is 0.427. The minimum Gasteiger partial charge on any atom is -0.481 e. The van der Waals surface area contributed by atoms with Crippen LogP contribution in [0.4, 0.5) is 0 Å². The Morgan fingerprint density at radius 3 is 2.60 bits per heavy atom. The molecule has 0 spiro atoms. The lowest BCUT2D eigenvalue weighted by atomic mass is 9.73. The molecule has 0 radical (unpaired) electrons. The largest absolute Gasteiger partial charge is 0.481 e. The third kappa shape index (κ3) is 1.88. The van der Waals surface area contributed by atoms with Crippen LogP contribution < -0.4 is 0 Å². The number of halogens is 1. The summed E-state index contributed by atoms with van der Waals surface area (Å²) in [6, 6.07) is 0. The Bertz CT molecular complexity index is 371. The van der Waals surface area contributed by atoms with Gasteiger partial charge in [0, 0.05) is 11.1 Å². The number of aromatic nitrogens is 1. The molecule has 0 bridgehead atoms. The van der Waals surface area contributed by atoms with Crippen LogP contribution in [0.3, 0.4) is 0 Å². The van der Waals surface area contributed by atoms with Gasteiger partial charge >= 0.3 is 5.97 Å². The van der Waals surface area contributed by atoms with Crippen molar-refractivity contribution in [1.29, 1.82) is 0 Å². The molecule has 0 amide bonds. The van der Waals surface area contributed by atoms with Crippen LogP contribution in [0.5, 0.6) is 0 Å². The topological polar surface area (TPSA) is 50.2 Å². The second-order valence-electron chi connectivity index (χ2n) is 3.93. The first-order valence-corrected chi connectivity index (χ1v) is 6.20. The van der Waals surface area contributed by atoms with Crippen LogP contribution >= 0.6 is 22.9 Å². The first kappa shape index (κ1) is 10.9. The number of hydrogen-bond donors (Lipinski definition) is 1. The summed E-state index contributed by atoms with van der Waals surface area (Å²) in [4.78, 5) is 16.2. The van der Waals surface area contributed by atoms with Crippen LogP contribution in [0.2, 0.25) is 4.47 Å². The molecule has 1 fully saturated rings. The number of thiazole rings is 1. The molecule has 0 unspecified atom stereocenters. The average Bonchev–Trinajstić information content (AvgIpc) is 2.66. The number of carboxylic acids is 1. The summed E-state index contributed by atoms with van der Waals surface area (Å²) >= 11 is 7.06. The number of hydrogen-bond acceptors (Lipinski definition) is 3. The smallest absolute Gasteiger partial charge is 0.315 e. The van der Waals surface area contributed by atoms with E-state index in [1.807, 2.05) is 0 Å². The van der Waals surface area contributed by atoms with Gasteiger partial charge in [-0.25, -0.2) is 4.98 Å². The first-order valence-electron chi connectivity index (χ1n) is 5.00. The Hall–Kier alpha value is -0.610. The molecule has 1 aromatic rings. The van der Waals surface area contributed by atoms with Gasteiger partial charge in [-0.2, -0.15) is 0 Å². The van der Waals surface area contributed by atoms with Gasteiger partial charge in [0.15, 0.2) is 4.47 Å². The number of carboxylic acid groups (broad SMARTS) is 1. The standard InChI is InChI=1S/C10H12ClNO2S/c11-9-12-6-7(15-9)10(8(13)14)4-2-1-3-5-10/h6H,1-5H2,(H,13,14). The fraction of sp³-hybridized carbons (Fsp3) is 0.600. The van der Waals surface area contributed by atoms with E-state index >= 15 is 0 Å². The van der Waals surface area contributed by atoms with Crippen molar-refractivity contribution in [1.82, 2.24) is 4.98 Å². The molecular weight excluding hydrogens is 234 g/mol. The zero-order chi connectivity index (χ0) is 10.9. The van der Waals surface area contributed by atoms with E-state index in [2.05, 4.69) is 4.98 Å². The molecule has 1 N–H and O–H groups in total. The average molecular weight is 246 g/mol. The van der Waals surface area contributed by atoms with Crippen molar-refractivity contribution >= 4 is 28.9 Å². The molecule has 1 aromatic heterocycles. The Kier molecular flexibility index (Phi) is 2.98. The summed E-state index contributed by atoms with van der Waals surface area (Å²) in [5.41, 5.74) is -0.719. The highest BCUT2D eigenvalue weighted by atomic mass is 35.5. The van der Waals surface area contributed by atoms with E-state index in [-0.39, 0.29) is 0 Å². The van der Waals surface area contributed by atoms with Gasteiger partial charge in [0.2, 0.25) is 0 Å². The van der Waals surface area contributed by atoms with E-state index in [0.717, 1.165) is 24.1 Å². The van der Waals surface area contributed by atoms with Crippen LogP contribution in [0.25, 0.3) is 0 Å². The van der Waals surface area contributed by atoms with Crippen molar-refractivity contribution in [2.75, 3.05) is 0 Å². The van der Waals surface area contributed by atoms with Crippen molar-refractivity contribution in [2.45, 2.75) is 37.5 Å². The number of rotatable bonds is 2. The van der Waals surface area contributed by atoms with E-state index in [1.165, 1.54) is 11.3 Å². The summed E-state index contributed by atoms with van der Waals surface area (Å²) in [6.07, 6.45) is 6.11. The SMILES string of the molecule is O=C(O)C1(c2cnc(Cl)s2)CCCCC1. The first-order chi connectivity index (χ1) is 7.15. The van der Waals surface area contributed by atoms with Gasteiger partial charge in [-0.3, -0.25) is 4.79 Å². The third-order valence-corrected chi connectivity index (χ3v) is 4.38. The predicted molar refractivity (Wildman–Crippen MR) is 59.5 cm³/mol. The molecule has 15 heavy (non-hydrogen) atoms.